The van der Waals surface area contributed by atoms with Gasteiger partial charge in [-0.05, 0) is 20.3 Å². The minimum Gasteiger partial charge on any atom is -0.379 e. The van der Waals surface area contributed by atoms with E-state index in [2.05, 4.69) is 6.92 Å². The molecule has 0 aromatic carbocycles. The van der Waals surface area contributed by atoms with Crippen molar-refractivity contribution in [2.75, 3.05) is 26.9 Å². The van der Waals surface area contributed by atoms with Gasteiger partial charge in [-0.2, -0.15) is 0 Å². The third-order valence-corrected chi connectivity index (χ3v) is 5.39. The quantitative estimate of drug-likeness (QED) is 0.260. The third-order valence-electron chi connectivity index (χ3n) is 5.39. The maximum atomic E-state index is 5.79. The lowest BCUT2D eigenvalue weighted by molar-refractivity contribution is -0.146. The minimum absolute atomic E-state index is 0.0455. The standard InChI is InChI=1S/C23H46O4/c1-5-6-7-8-9-10-11-12-13-14-15-16-17-21(24-4)18-25-19-22-20-26-23(2,3)27-22/h21-22H,5-20H2,1-4H3. The van der Waals surface area contributed by atoms with E-state index in [9.17, 15) is 0 Å². The molecule has 4 heteroatoms. The zero-order valence-electron chi connectivity index (χ0n) is 18.6. The zero-order valence-corrected chi connectivity index (χ0v) is 18.6. The topological polar surface area (TPSA) is 36.9 Å². The van der Waals surface area contributed by atoms with Crippen LogP contribution in [0.25, 0.3) is 0 Å². The van der Waals surface area contributed by atoms with Gasteiger partial charge in [-0.25, -0.2) is 0 Å². The fourth-order valence-corrected chi connectivity index (χ4v) is 3.66. The predicted octanol–water partition coefficient (Wildman–Crippen LogP) is 6.26. The lowest BCUT2D eigenvalue weighted by Crippen LogP contribution is -2.26. The summed E-state index contributed by atoms with van der Waals surface area (Å²) in [6.07, 6.45) is 17.9. The van der Waals surface area contributed by atoms with Gasteiger partial charge in [0.1, 0.15) is 6.10 Å². The maximum absolute atomic E-state index is 5.79. The molecular formula is C23H46O4. The lowest BCUT2D eigenvalue weighted by atomic mass is 10.0. The van der Waals surface area contributed by atoms with Crippen LogP contribution >= 0.6 is 0 Å². The van der Waals surface area contributed by atoms with Crippen LogP contribution < -0.4 is 0 Å². The van der Waals surface area contributed by atoms with E-state index in [1.807, 2.05) is 13.8 Å². The van der Waals surface area contributed by atoms with Crippen LogP contribution in [0.4, 0.5) is 0 Å². The molecule has 0 bridgehead atoms. The Bertz CT molecular complexity index is 332. The van der Waals surface area contributed by atoms with Crippen molar-refractivity contribution in [3.63, 3.8) is 0 Å². The van der Waals surface area contributed by atoms with Gasteiger partial charge in [0, 0.05) is 7.11 Å². The molecule has 0 radical (unpaired) electrons. The van der Waals surface area contributed by atoms with E-state index in [4.69, 9.17) is 18.9 Å². The van der Waals surface area contributed by atoms with Crippen LogP contribution in [0.3, 0.4) is 0 Å². The van der Waals surface area contributed by atoms with E-state index >= 15 is 0 Å². The average Bonchev–Trinajstić information content (AvgIpc) is 2.99. The van der Waals surface area contributed by atoms with Crippen LogP contribution in [0.1, 0.15) is 104 Å². The van der Waals surface area contributed by atoms with Crippen molar-refractivity contribution in [1.82, 2.24) is 0 Å². The molecule has 27 heavy (non-hydrogen) atoms. The monoisotopic (exact) mass is 386 g/mol. The van der Waals surface area contributed by atoms with Crippen LogP contribution in [0.2, 0.25) is 0 Å². The summed E-state index contributed by atoms with van der Waals surface area (Å²) in [6, 6.07) is 0. The number of rotatable bonds is 18. The molecule has 1 aliphatic rings. The van der Waals surface area contributed by atoms with Gasteiger partial charge in [-0.1, -0.05) is 84.0 Å². The average molecular weight is 387 g/mol. The van der Waals surface area contributed by atoms with Crippen LogP contribution in [0.5, 0.6) is 0 Å². The summed E-state index contributed by atoms with van der Waals surface area (Å²) in [6.45, 7) is 8.01. The predicted molar refractivity (Wildman–Crippen MR) is 112 cm³/mol. The Morgan fingerprint density at radius 3 is 1.93 bits per heavy atom. The summed E-state index contributed by atoms with van der Waals surface area (Å²) in [5.74, 6) is -0.469. The highest BCUT2D eigenvalue weighted by molar-refractivity contribution is 4.70. The fourth-order valence-electron chi connectivity index (χ4n) is 3.66. The normalized spacial score (nSPS) is 20.2. The first-order chi connectivity index (χ1) is 13.1. The van der Waals surface area contributed by atoms with Gasteiger partial charge >= 0.3 is 0 Å². The van der Waals surface area contributed by atoms with Crippen molar-refractivity contribution in [3.05, 3.63) is 0 Å². The van der Waals surface area contributed by atoms with Gasteiger partial charge in [0.25, 0.3) is 0 Å². The molecule has 2 unspecified atom stereocenters. The van der Waals surface area contributed by atoms with Crippen molar-refractivity contribution >= 4 is 0 Å². The summed E-state index contributed by atoms with van der Waals surface area (Å²) in [7, 11) is 1.78. The van der Waals surface area contributed by atoms with E-state index in [-0.39, 0.29) is 12.2 Å². The molecule has 0 spiro atoms. The van der Waals surface area contributed by atoms with Crippen molar-refractivity contribution < 1.29 is 18.9 Å². The fraction of sp³-hybridized carbons (Fsp3) is 1.00. The molecule has 1 heterocycles. The summed E-state index contributed by atoms with van der Waals surface area (Å²) in [5, 5.41) is 0. The number of ether oxygens (including phenoxy) is 4. The van der Waals surface area contributed by atoms with Gasteiger partial charge in [-0.3, -0.25) is 0 Å². The van der Waals surface area contributed by atoms with Gasteiger partial charge < -0.3 is 18.9 Å². The summed E-state index contributed by atoms with van der Waals surface area (Å²) < 4.78 is 22.7. The van der Waals surface area contributed by atoms with E-state index in [0.29, 0.717) is 19.8 Å². The Kier molecular flexibility index (Phi) is 14.5. The highest BCUT2D eigenvalue weighted by Gasteiger charge is 2.32. The van der Waals surface area contributed by atoms with E-state index in [0.717, 1.165) is 6.42 Å². The molecule has 1 rings (SSSR count). The molecule has 1 saturated heterocycles. The first-order valence-electron chi connectivity index (χ1n) is 11.5. The minimum atomic E-state index is -0.469. The Morgan fingerprint density at radius 2 is 1.44 bits per heavy atom. The molecule has 0 N–H and O–H groups in total. The van der Waals surface area contributed by atoms with Crippen molar-refractivity contribution in [1.29, 1.82) is 0 Å². The van der Waals surface area contributed by atoms with Crippen LogP contribution in [0.15, 0.2) is 0 Å². The Hall–Kier alpha value is -0.160. The molecule has 0 aromatic rings. The third kappa shape index (κ3) is 13.6. The van der Waals surface area contributed by atoms with E-state index in [1.54, 1.807) is 7.11 Å². The molecule has 1 aliphatic heterocycles. The van der Waals surface area contributed by atoms with Gasteiger partial charge in [0.2, 0.25) is 0 Å². The summed E-state index contributed by atoms with van der Waals surface area (Å²) in [4.78, 5) is 0. The lowest BCUT2D eigenvalue weighted by Gasteiger charge is -2.19. The highest BCUT2D eigenvalue weighted by Crippen LogP contribution is 2.22. The number of methoxy groups -OCH3 is 1. The van der Waals surface area contributed by atoms with E-state index in [1.165, 1.54) is 77.0 Å². The second kappa shape index (κ2) is 15.7. The van der Waals surface area contributed by atoms with E-state index < -0.39 is 5.79 Å². The molecule has 1 fully saturated rings. The van der Waals surface area contributed by atoms with Crippen LogP contribution in [-0.4, -0.2) is 44.9 Å². The SMILES string of the molecule is CCCCCCCCCCCCCCC(COCC1COC(C)(C)O1)OC. The smallest absolute Gasteiger partial charge is 0.163 e. The first-order valence-corrected chi connectivity index (χ1v) is 11.5. The number of hydrogen-bond donors (Lipinski definition) is 0. The molecule has 4 nitrogen and oxygen atoms in total. The highest BCUT2D eigenvalue weighted by atomic mass is 16.7. The Labute approximate surface area is 168 Å². The van der Waals surface area contributed by atoms with Crippen molar-refractivity contribution in [3.8, 4) is 0 Å². The van der Waals surface area contributed by atoms with Crippen LogP contribution in [-0.2, 0) is 18.9 Å². The largest absolute Gasteiger partial charge is 0.379 e. The maximum Gasteiger partial charge on any atom is 0.163 e. The van der Waals surface area contributed by atoms with Gasteiger partial charge in [0.15, 0.2) is 5.79 Å². The molecule has 0 aromatic heterocycles. The molecule has 0 saturated carbocycles. The van der Waals surface area contributed by atoms with Crippen molar-refractivity contribution in [2.45, 2.75) is 122 Å². The summed E-state index contributed by atoms with van der Waals surface area (Å²) >= 11 is 0. The summed E-state index contributed by atoms with van der Waals surface area (Å²) in [5.41, 5.74) is 0. The zero-order chi connectivity index (χ0) is 19.8. The molecular weight excluding hydrogens is 340 g/mol. The van der Waals surface area contributed by atoms with Gasteiger partial charge in [-0.15, -0.1) is 0 Å². The van der Waals surface area contributed by atoms with Crippen molar-refractivity contribution in [2.24, 2.45) is 0 Å². The molecule has 0 amide bonds. The molecule has 2 atom stereocenters. The van der Waals surface area contributed by atoms with Gasteiger partial charge in [0.05, 0.1) is 25.9 Å². The molecule has 162 valence electrons. The number of hydrogen-bond acceptors (Lipinski definition) is 4. The Balaban J connectivity index is 1.87. The first kappa shape index (κ1) is 24.9. The second-order valence-corrected chi connectivity index (χ2v) is 8.52. The van der Waals surface area contributed by atoms with Crippen LogP contribution in [0, 0.1) is 0 Å². The molecule has 0 aliphatic carbocycles. The second-order valence-electron chi connectivity index (χ2n) is 8.52. The number of unbranched alkanes of at least 4 members (excludes halogenated alkanes) is 11. The Morgan fingerprint density at radius 1 is 0.889 bits per heavy atom.